The van der Waals surface area contributed by atoms with Crippen LogP contribution in [-0.4, -0.2) is 30.1 Å². The number of pyridine rings is 1. The van der Waals surface area contributed by atoms with E-state index in [1.54, 1.807) is 6.20 Å². The van der Waals surface area contributed by atoms with Crippen molar-refractivity contribution in [2.75, 3.05) is 29.7 Å². The first-order valence-electron chi connectivity index (χ1n) is 5.23. The fourth-order valence-electron chi connectivity index (χ4n) is 1.57. The fraction of sp³-hybridized carbons (Fsp3) is 0.545. The van der Waals surface area contributed by atoms with Crippen LogP contribution in [-0.2, 0) is 0 Å². The van der Waals surface area contributed by atoms with Gasteiger partial charge < -0.3 is 10.6 Å². The van der Waals surface area contributed by atoms with Crippen LogP contribution in [0.3, 0.4) is 0 Å². The second kappa shape index (κ2) is 6.35. The van der Waals surface area contributed by atoms with Gasteiger partial charge in [0.2, 0.25) is 0 Å². The maximum absolute atomic E-state index is 5.68. The van der Waals surface area contributed by atoms with Gasteiger partial charge >= 0.3 is 0 Å². The predicted molar refractivity (Wildman–Crippen MR) is 77.2 cm³/mol. The van der Waals surface area contributed by atoms with Crippen molar-refractivity contribution in [3.8, 4) is 0 Å². The molecule has 1 aromatic heterocycles. The smallest absolute Gasteiger partial charge is 0.143 e. The van der Waals surface area contributed by atoms with Gasteiger partial charge in [0.1, 0.15) is 5.82 Å². The molecule has 0 fully saturated rings. The van der Waals surface area contributed by atoms with Crippen LogP contribution < -0.4 is 10.6 Å². The van der Waals surface area contributed by atoms with Gasteiger partial charge in [0.05, 0.1) is 16.4 Å². The summed E-state index contributed by atoms with van der Waals surface area (Å²) in [6.07, 6.45) is 4.93. The van der Waals surface area contributed by atoms with Gasteiger partial charge in [-0.05, 0) is 34.7 Å². The number of hydrogen-bond acceptors (Lipinski definition) is 4. The molecular weight excluding hydrogens is 286 g/mol. The van der Waals surface area contributed by atoms with Gasteiger partial charge in [-0.2, -0.15) is 11.8 Å². The van der Waals surface area contributed by atoms with Crippen LogP contribution in [0.1, 0.15) is 13.3 Å². The van der Waals surface area contributed by atoms with Gasteiger partial charge in [-0.25, -0.2) is 4.98 Å². The Bertz CT molecular complexity index is 346. The molecule has 1 heterocycles. The summed E-state index contributed by atoms with van der Waals surface area (Å²) in [5, 5.41) is 0. The maximum atomic E-state index is 5.68. The summed E-state index contributed by atoms with van der Waals surface area (Å²) in [5.41, 5.74) is 6.36. The zero-order valence-electron chi connectivity index (χ0n) is 9.90. The number of anilines is 2. The van der Waals surface area contributed by atoms with Gasteiger partial charge in [0.15, 0.2) is 0 Å². The highest BCUT2D eigenvalue weighted by Gasteiger charge is 2.16. The van der Waals surface area contributed by atoms with Gasteiger partial charge in [-0.3, -0.25) is 0 Å². The lowest BCUT2D eigenvalue weighted by Gasteiger charge is -2.28. The van der Waals surface area contributed by atoms with Crippen molar-refractivity contribution in [2.24, 2.45) is 0 Å². The number of thioether (sulfide) groups is 1. The summed E-state index contributed by atoms with van der Waals surface area (Å²) in [6, 6.07) is 2.40. The van der Waals surface area contributed by atoms with E-state index in [1.807, 2.05) is 17.8 Å². The molecule has 2 N–H and O–H groups in total. The molecule has 0 aliphatic carbocycles. The van der Waals surface area contributed by atoms with E-state index in [0.717, 1.165) is 22.5 Å². The molecule has 0 radical (unpaired) electrons. The van der Waals surface area contributed by atoms with E-state index in [1.165, 1.54) is 0 Å². The normalized spacial score (nSPS) is 12.5. The third-order valence-electron chi connectivity index (χ3n) is 2.56. The zero-order valence-corrected chi connectivity index (χ0v) is 12.3. The molecule has 0 spiro atoms. The zero-order chi connectivity index (χ0) is 12.1. The Morgan fingerprint density at radius 1 is 1.62 bits per heavy atom. The van der Waals surface area contributed by atoms with Crippen molar-refractivity contribution in [3.63, 3.8) is 0 Å². The molecule has 90 valence electrons. The summed E-state index contributed by atoms with van der Waals surface area (Å²) < 4.78 is 0.953. The predicted octanol–water partition coefficient (Wildman–Crippen LogP) is 3.00. The Morgan fingerprint density at radius 3 is 2.81 bits per heavy atom. The minimum atomic E-state index is 0.502. The summed E-state index contributed by atoms with van der Waals surface area (Å²) in [6.45, 7) is 2.20. The highest BCUT2D eigenvalue weighted by Crippen LogP contribution is 2.27. The summed E-state index contributed by atoms with van der Waals surface area (Å²) in [5.74, 6) is 2.06. The Hall–Kier alpha value is -0.420. The van der Waals surface area contributed by atoms with Gasteiger partial charge in [-0.1, -0.05) is 6.92 Å². The van der Waals surface area contributed by atoms with Crippen molar-refractivity contribution in [2.45, 2.75) is 19.4 Å². The Morgan fingerprint density at radius 2 is 2.31 bits per heavy atom. The molecule has 1 atom stereocenters. The maximum Gasteiger partial charge on any atom is 0.143 e. The highest BCUT2D eigenvalue weighted by atomic mass is 79.9. The standard InChI is InChI=1S/C11H18BrN3S/c1-4-9(7-16-3)15(2)11-10(12)5-8(13)6-14-11/h5-6,9H,4,7,13H2,1-3H3. The van der Waals surface area contributed by atoms with Crippen molar-refractivity contribution < 1.29 is 0 Å². The highest BCUT2D eigenvalue weighted by molar-refractivity contribution is 9.10. The van der Waals surface area contributed by atoms with Crippen molar-refractivity contribution in [1.82, 2.24) is 4.98 Å². The Kier molecular flexibility index (Phi) is 5.41. The van der Waals surface area contributed by atoms with Gasteiger partial charge in [0, 0.05) is 18.8 Å². The SMILES string of the molecule is CCC(CSC)N(C)c1ncc(N)cc1Br. The molecule has 16 heavy (non-hydrogen) atoms. The van der Waals surface area contributed by atoms with E-state index < -0.39 is 0 Å². The third-order valence-corrected chi connectivity index (χ3v) is 3.86. The quantitative estimate of drug-likeness (QED) is 0.908. The number of hydrogen-bond donors (Lipinski definition) is 1. The topological polar surface area (TPSA) is 42.2 Å². The summed E-state index contributed by atoms with van der Waals surface area (Å²) in [7, 11) is 2.08. The molecule has 1 unspecified atom stereocenters. The fourth-order valence-corrected chi connectivity index (χ4v) is 3.06. The minimum absolute atomic E-state index is 0.502. The number of aromatic nitrogens is 1. The van der Waals surface area contributed by atoms with E-state index in [9.17, 15) is 0 Å². The lowest BCUT2D eigenvalue weighted by atomic mass is 10.2. The minimum Gasteiger partial charge on any atom is -0.397 e. The average molecular weight is 304 g/mol. The van der Waals surface area contributed by atoms with Crippen LogP contribution in [0, 0.1) is 0 Å². The second-order valence-corrected chi connectivity index (χ2v) is 5.47. The van der Waals surface area contributed by atoms with E-state index in [4.69, 9.17) is 5.73 Å². The molecule has 0 aromatic carbocycles. The van der Waals surface area contributed by atoms with Crippen LogP contribution in [0.4, 0.5) is 11.5 Å². The lowest BCUT2D eigenvalue weighted by molar-refractivity contribution is 0.665. The first-order valence-corrected chi connectivity index (χ1v) is 7.41. The van der Waals surface area contributed by atoms with Crippen molar-refractivity contribution in [1.29, 1.82) is 0 Å². The van der Waals surface area contributed by atoms with E-state index >= 15 is 0 Å². The molecule has 0 bridgehead atoms. The van der Waals surface area contributed by atoms with Crippen LogP contribution in [0.5, 0.6) is 0 Å². The van der Waals surface area contributed by atoms with Gasteiger partial charge in [0.25, 0.3) is 0 Å². The molecule has 1 aromatic rings. The molecule has 0 saturated heterocycles. The third kappa shape index (κ3) is 3.28. The first-order chi connectivity index (χ1) is 7.60. The first kappa shape index (κ1) is 13.6. The molecule has 0 amide bonds. The second-order valence-electron chi connectivity index (χ2n) is 3.70. The number of nitrogens with zero attached hydrogens (tertiary/aromatic N) is 2. The lowest BCUT2D eigenvalue weighted by Crippen LogP contribution is -2.34. The molecule has 1 rings (SSSR count). The van der Waals surface area contributed by atoms with E-state index in [0.29, 0.717) is 11.7 Å². The molecule has 0 aliphatic heterocycles. The monoisotopic (exact) mass is 303 g/mol. The van der Waals surface area contributed by atoms with Crippen LogP contribution in [0.2, 0.25) is 0 Å². The molecule has 0 aliphatic rings. The Balaban J connectivity index is 2.89. The number of halogens is 1. The molecule has 5 heteroatoms. The number of nitrogen functional groups attached to an aromatic ring is 1. The van der Waals surface area contributed by atoms with E-state index in [-0.39, 0.29) is 0 Å². The van der Waals surface area contributed by atoms with Crippen molar-refractivity contribution >= 4 is 39.2 Å². The summed E-state index contributed by atoms with van der Waals surface area (Å²) in [4.78, 5) is 6.58. The van der Waals surface area contributed by atoms with Crippen LogP contribution in [0.25, 0.3) is 0 Å². The number of rotatable bonds is 5. The van der Waals surface area contributed by atoms with E-state index in [2.05, 4.69) is 46.0 Å². The van der Waals surface area contributed by atoms with Crippen LogP contribution >= 0.6 is 27.7 Å². The molecule has 3 nitrogen and oxygen atoms in total. The van der Waals surface area contributed by atoms with Gasteiger partial charge in [-0.15, -0.1) is 0 Å². The van der Waals surface area contributed by atoms with Crippen molar-refractivity contribution in [3.05, 3.63) is 16.7 Å². The summed E-state index contributed by atoms with van der Waals surface area (Å²) >= 11 is 5.36. The molecular formula is C11H18BrN3S. The van der Waals surface area contributed by atoms with Crippen LogP contribution in [0.15, 0.2) is 16.7 Å². The average Bonchev–Trinajstić information content (AvgIpc) is 2.25. The largest absolute Gasteiger partial charge is 0.397 e. The number of nitrogens with two attached hydrogens (primary N) is 1. The molecule has 0 saturated carbocycles. The Labute approximate surface area is 110 Å².